The minimum absolute atomic E-state index is 0.132. The van der Waals surface area contributed by atoms with Gasteiger partial charge in [-0.15, -0.1) is 0 Å². The van der Waals surface area contributed by atoms with Gasteiger partial charge in [0.05, 0.1) is 17.6 Å². The van der Waals surface area contributed by atoms with Crippen LogP contribution < -0.4 is 4.74 Å². The van der Waals surface area contributed by atoms with Crippen molar-refractivity contribution in [1.29, 1.82) is 0 Å². The van der Waals surface area contributed by atoms with E-state index >= 15 is 0 Å². The number of para-hydroxylation sites is 1. The Labute approximate surface area is 170 Å². The van der Waals surface area contributed by atoms with Gasteiger partial charge in [0.25, 0.3) is 0 Å². The van der Waals surface area contributed by atoms with Gasteiger partial charge in [0, 0.05) is 6.54 Å². The van der Waals surface area contributed by atoms with Gasteiger partial charge in [0.1, 0.15) is 11.8 Å². The second-order valence-corrected chi connectivity index (χ2v) is 8.71. The summed E-state index contributed by atoms with van der Waals surface area (Å²) in [6.45, 7) is 1.62. The molecule has 0 aromatic heterocycles. The van der Waals surface area contributed by atoms with Crippen LogP contribution in [0.3, 0.4) is 0 Å². The number of Topliss-reactive ketones (excluding diaryl/α,β-unsaturated/α-hetero) is 1. The number of aryl methyl sites for hydroxylation is 1. The molecule has 1 fully saturated rings. The summed E-state index contributed by atoms with van der Waals surface area (Å²) in [5.74, 6) is -0.749. The topological polar surface area (TPSA) is 90.0 Å². The van der Waals surface area contributed by atoms with Crippen molar-refractivity contribution in [3.63, 3.8) is 0 Å². The number of rotatable bonds is 7. The van der Waals surface area contributed by atoms with E-state index in [1.165, 1.54) is 19.2 Å². The Kier molecular flexibility index (Phi) is 6.34. The Morgan fingerprint density at radius 1 is 1.10 bits per heavy atom. The molecule has 2 aromatic carbocycles. The number of methoxy groups -OCH3 is 1. The molecule has 0 saturated carbocycles. The fourth-order valence-corrected chi connectivity index (χ4v) is 4.94. The highest BCUT2D eigenvalue weighted by atomic mass is 32.2. The molecule has 2 aromatic rings. The Morgan fingerprint density at radius 3 is 2.48 bits per heavy atom. The summed E-state index contributed by atoms with van der Waals surface area (Å²) >= 11 is 0. The quantitative estimate of drug-likeness (QED) is 0.508. The lowest BCUT2D eigenvalue weighted by Gasteiger charge is -2.22. The average molecular weight is 417 g/mol. The molecule has 1 saturated heterocycles. The van der Waals surface area contributed by atoms with E-state index in [0.29, 0.717) is 24.2 Å². The Bertz CT molecular complexity index is 1000. The van der Waals surface area contributed by atoms with E-state index < -0.39 is 34.4 Å². The number of ether oxygens (including phenoxy) is 2. The lowest BCUT2D eigenvalue weighted by molar-refractivity contribution is -0.146. The maximum Gasteiger partial charge on any atom is 0.324 e. The number of esters is 1. The molecule has 0 unspecified atom stereocenters. The number of carbonyl (C=O) groups is 2. The summed E-state index contributed by atoms with van der Waals surface area (Å²) in [5, 5.41) is 0. The monoisotopic (exact) mass is 417 g/mol. The molecule has 1 aliphatic heterocycles. The molecule has 0 aliphatic carbocycles. The van der Waals surface area contributed by atoms with Crippen molar-refractivity contribution in [1.82, 2.24) is 4.31 Å². The van der Waals surface area contributed by atoms with E-state index in [-0.39, 0.29) is 11.4 Å². The van der Waals surface area contributed by atoms with Crippen molar-refractivity contribution in [2.45, 2.75) is 30.7 Å². The van der Waals surface area contributed by atoms with E-state index in [1.807, 2.05) is 6.92 Å². The number of carbonyl (C=O) groups excluding carboxylic acids is 2. The van der Waals surface area contributed by atoms with E-state index in [9.17, 15) is 18.0 Å². The van der Waals surface area contributed by atoms with Crippen LogP contribution in [-0.4, -0.2) is 50.8 Å². The van der Waals surface area contributed by atoms with Crippen molar-refractivity contribution in [2.24, 2.45) is 0 Å². The molecule has 0 radical (unpaired) electrons. The maximum atomic E-state index is 12.9. The summed E-state index contributed by atoms with van der Waals surface area (Å²) in [5.41, 5.74) is 1.24. The lowest BCUT2D eigenvalue weighted by atomic mass is 10.1. The molecule has 0 amide bonds. The van der Waals surface area contributed by atoms with Gasteiger partial charge in [-0.05, 0) is 44.0 Å². The average Bonchev–Trinajstić information content (AvgIpc) is 3.23. The van der Waals surface area contributed by atoms with Crippen LogP contribution in [0.5, 0.6) is 5.75 Å². The first-order valence-electron chi connectivity index (χ1n) is 9.26. The van der Waals surface area contributed by atoms with Crippen molar-refractivity contribution >= 4 is 21.8 Å². The zero-order valence-corrected chi connectivity index (χ0v) is 17.1. The predicted octanol–water partition coefficient (Wildman–Crippen LogP) is 2.58. The molecule has 1 atom stereocenters. The fraction of sp³-hybridized carbons (Fsp3) is 0.333. The number of nitrogens with zero attached hydrogens (tertiary/aromatic N) is 1. The zero-order chi connectivity index (χ0) is 21.0. The van der Waals surface area contributed by atoms with E-state index in [2.05, 4.69) is 0 Å². The van der Waals surface area contributed by atoms with Gasteiger partial charge in [-0.3, -0.25) is 9.59 Å². The third kappa shape index (κ3) is 4.49. The van der Waals surface area contributed by atoms with Crippen LogP contribution in [0.15, 0.2) is 53.4 Å². The first-order chi connectivity index (χ1) is 13.8. The van der Waals surface area contributed by atoms with E-state index in [1.54, 1.807) is 36.4 Å². The third-order valence-corrected chi connectivity index (χ3v) is 6.78. The number of hydrogen-bond donors (Lipinski definition) is 0. The summed E-state index contributed by atoms with van der Waals surface area (Å²) in [7, 11) is -2.37. The van der Waals surface area contributed by atoms with Gasteiger partial charge in [0.2, 0.25) is 15.8 Å². The predicted molar refractivity (Wildman–Crippen MR) is 106 cm³/mol. The Morgan fingerprint density at radius 2 is 1.79 bits per heavy atom. The van der Waals surface area contributed by atoms with Gasteiger partial charge in [0.15, 0.2) is 6.61 Å². The highest BCUT2D eigenvalue weighted by Crippen LogP contribution is 2.27. The summed E-state index contributed by atoms with van der Waals surface area (Å²) in [6, 6.07) is 12.2. The Balaban J connectivity index is 1.70. The highest BCUT2D eigenvalue weighted by molar-refractivity contribution is 7.89. The fourth-order valence-electron chi connectivity index (χ4n) is 3.29. The van der Waals surface area contributed by atoms with Crippen LogP contribution in [0.4, 0.5) is 0 Å². The molecular formula is C21H23NO6S. The summed E-state index contributed by atoms with van der Waals surface area (Å²) in [6.07, 6.45) is 0.901. The second kappa shape index (κ2) is 8.75. The second-order valence-electron chi connectivity index (χ2n) is 6.82. The lowest BCUT2D eigenvalue weighted by Crippen LogP contribution is -2.41. The van der Waals surface area contributed by atoms with Crippen LogP contribution in [0.25, 0.3) is 0 Å². The van der Waals surface area contributed by atoms with Crippen molar-refractivity contribution in [2.75, 3.05) is 20.3 Å². The molecule has 1 heterocycles. The smallest absolute Gasteiger partial charge is 0.324 e. The molecular weight excluding hydrogens is 394 g/mol. The van der Waals surface area contributed by atoms with Crippen LogP contribution in [-0.2, 0) is 19.6 Å². The molecule has 1 aliphatic rings. The Hall–Kier alpha value is -2.71. The minimum atomic E-state index is -3.82. The third-order valence-electron chi connectivity index (χ3n) is 4.86. The van der Waals surface area contributed by atoms with Gasteiger partial charge < -0.3 is 9.47 Å². The minimum Gasteiger partial charge on any atom is -0.496 e. The summed E-state index contributed by atoms with van der Waals surface area (Å²) in [4.78, 5) is 25.1. The molecule has 3 rings (SSSR count). The summed E-state index contributed by atoms with van der Waals surface area (Å²) < 4.78 is 37.4. The van der Waals surface area contributed by atoms with E-state index in [4.69, 9.17) is 9.47 Å². The molecule has 0 N–H and O–H groups in total. The zero-order valence-electron chi connectivity index (χ0n) is 16.3. The number of sulfonamides is 1. The van der Waals surface area contributed by atoms with Crippen LogP contribution >= 0.6 is 0 Å². The van der Waals surface area contributed by atoms with E-state index in [0.717, 1.165) is 9.87 Å². The molecule has 154 valence electrons. The van der Waals surface area contributed by atoms with Gasteiger partial charge in [-0.1, -0.05) is 29.8 Å². The van der Waals surface area contributed by atoms with Crippen LogP contribution in [0.2, 0.25) is 0 Å². The highest BCUT2D eigenvalue weighted by Gasteiger charge is 2.40. The molecule has 0 spiro atoms. The first-order valence-corrected chi connectivity index (χ1v) is 10.7. The number of hydrogen-bond acceptors (Lipinski definition) is 6. The SMILES string of the molecule is COc1ccccc1C(=O)COC(=O)[C@@H]1CCCN1S(=O)(=O)c1ccc(C)cc1. The van der Waals surface area contributed by atoms with Crippen molar-refractivity contribution in [3.8, 4) is 5.75 Å². The van der Waals surface area contributed by atoms with Gasteiger partial charge in [-0.25, -0.2) is 8.42 Å². The molecule has 8 heteroatoms. The maximum absolute atomic E-state index is 12.9. The normalized spacial score (nSPS) is 17.1. The van der Waals surface area contributed by atoms with Crippen LogP contribution in [0, 0.1) is 6.92 Å². The molecule has 7 nitrogen and oxygen atoms in total. The molecule has 0 bridgehead atoms. The van der Waals surface area contributed by atoms with Gasteiger partial charge in [-0.2, -0.15) is 4.31 Å². The number of benzene rings is 2. The largest absolute Gasteiger partial charge is 0.496 e. The van der Waals surface area contributed by atoms with Gasteiger partial charge >= 0.3 is 5.97 Å². The van der Waals surface area contributed by atoms with Crippen molar-refractivity contribution < 1.29 is 27.5 Å². The van der Waals surface area contributed by atoms with Crippen LogP contribution in [0.1, 0.15) is 28.8 Å². The standard InChI is InChI=1S/C21H23NO6S/c1-15-9-11-16(12-10-15)29(25,26)22-13-5-7-18(22)21(24)28-14-19(23)17-6-3-4-8-20(17)27-2/h3-4,6,8-12,18H,5,7,13-14H2,1-2H3/t18-/m0/s1. The number of ketones is 1. The molecule has 29 heavy (non-hydrogen) atoms. The van der Waals surface area contributed by atoms with Crippen molar-refractivity contribution in [3.05, 3.63) is 59.7 Å². The first kappa shape index (κ1) is 21.0.